The Bertz CT molecular complexity index is 505. The minimum absolute atomic E-state index is 0.0123. The van der Waals surface area contributed by atoms with E-state index >= 15 is 0 Å². The van der Waals surface area contributed by atoms with Crippen molar-refractivity contribution >= 4 is 33.4 Å². The van der Waals surface area contributed by atoms with Gasteiger partial charge in [-0.1, -0.05) is 27.5 Å². The molecule has 1 aromatic rings. The molecule has 21 heavy (non-hydrogen) atoms. The molecule has 1 aromatic carbocycles. The lowest BCUT2D eigenvalue weighted by Crippen LogP contribution is -2.49. The van der Waals surface area contributed by atoms with E-state index in [1.54, 1.807) is 11.0 Å². The second-order valence-corrected chi connectivity index (χ2v) is 6.70. The zero-order valence-electron chi connectivity index (χ0n) is 12.4. The van der Waals surface area contributed by atoms with Crippen molar-refractivity contribution in [1.82, 2.24) is 4.90 Å². The molecule has 1 saturated heterocycles. The predicted molar refractivity (Wildman–Crippen MR) is 86.0 cm³/mol. The highest BCUT2D eigenvalue weighted by molar-refractivity contribution is 9.10. The van der Waals surface area contributed by atoms with E-state index < -0.39 is 0 Å². The number of carbonyl (C=O) groups is 1. The Hall–Kier alpha value is -0.780. The van der Waals surface area contributed by atoms with E-state index in [9.17, 15) is 4.79 Å². The van der Waals surface area contributed by atoms with E-state index in [4.69, 9.17) is 21.1 Å². The summed E-state index contributed by atoms with van der Waals surface area (Å²) < 4.78 is 12.1. The van der Waals surface area contributed by atoms with E-state index in [0.717, 1.165) is 10.0 Å². The maximum absolute atomic E-state index is 12.2. The van der Waals surface area contributed by atoms with Crippen LogP contribution in [0.3, 0.4) is 0 Å². The van der Waals surface area contributed by atoms with Gasteiger partial charge in [0.2, 0.25) is 0 Å². The number of amides is 1. The summed E-state index contributed by atoms with van der Waals surface area (Å²) in [5.41, 5.74) is 0.894. The molecule has 1 fully saturated rings. The molecular weight excluding hydrogens is 358 g/mol. The quantitative estimate of drug-likeness (QED) is 0.811. The van der Waals surface area contributed by atoms with Gasteiger partial charge >= 0.3 is 0 Å². The standard InChI is InChI=1S/C15H19BrClNO3/c1-9-4-12(16)5-13(17)15(9)20-8-14(19)18-6-10(2)21-11(3)7-18/h4-5,10-11H,6-8H2,1-3H3/t10-,11-/m1/s1. The average Bonchev–Trinajstić information content (AvgIpc) is 2.35. The van der Waals surface area contributed by atoms with Gasteiger partial charge in [0.05, 0.1) is 17.2 Å². The van der Waals surface area contributed by atoms with Gasteiger partial charge in [-0.05, 0) is 38.5 Å². The van der Waals surface area contributed by atoms with Gasteiger partial charge in [0.25, 0.3) is 5.91 Å². The zero-order valence-corrected chi connectivity index (χ0v) is 14.7. The fraction of sp³-hybridized carbons (Fsp3) is 0.533. The third-order valence-corrected chi connectivity index (χ3v) is 4.04. The lowest BCUT2D eigenvalue weighted by atomic mass is 10.2. The van der Waals surface area contributed by atoms with Gasteiger partial charge in [0.1, 0.15) is 5.75 Å². The summed E-state index contributed by atoms with van der Waals surface area (Å²) in [6.07, 6.45) is 0.103. The molecule has 0 N–H and O–H groups in total. The molecule has 0 spiro atoms. The van der Waals surface area contributed by atoms with Crippen LogP contribution in [0.25, 0.3) is 0 Å². The van der Waals surface area contributed by atoms with Gasteiger partial charge in [-0.25, -0.2) is 0 Å². The molecule has 0 bridgehead atoms. The van der Waals surface area contributed by atoms with Gasteiger partial charge in [-0.15, -0.1) is 0 Å². The Balaban J connectivity index is 1.98. The fourth-order valence-corrected chi connectivity index (χ4v) is 3.50. The molecule has 1 heterocycles. The van der Waals surface area contributed by atoms with Crippen molar-refractivity contribution in [3.05, 3.63) is 27.2 Å². The van der Waals surface area contributed by atoms with Gasteiger partial charge < -0.3 is 14.4 Å². The highest BCUT2D eigenvalue weighted by atomic mass is 79.9. The first-order valence-electron chi connectivity index (χ1n) is 6.88. The first-order chi connectivity index (χ1) is 9.86. The number of hydrogen-bond acceptors (Lipinski definition) is 3. The Morgan fingerprint density at radius 1 is 1.43 bits per heavy atom. The van der Waals surface area contributed by atoms with Gasteiger partial charge in [-0.2, -0.15) is 0 Å². The number of nitrogens with zero attached hydrogens (tertiary/aromatic N) is 1. The normalized spacial score (nSPS) is 22.2. The molecule has 1 aliphatic rings. The highest BCUT2D eigenvalue weighted by Crippen LogP contribution is 2.32. The fourth-order valence-electron chi connectivity index (χ4n) is 2.48. The zero-order chi connectivity index (χ0) is 15.6. The van der Waals surface area contributed by atoms with Crippen molar-refractivity contribution in [2.75, 3.05) is 19.7 Å². The third-order valence-electron chi connectivity index (χ3n) is 3.31. The Morgan fingerprint density at radius 2 is 2.05 bits per heavy atom. The highest BCUT2D eigenvalue weighted by Gasteiger charge is 2.26. The number of rotatable bonds is 3. The Morgan fingerprint density at radius 3 is 2.62 bits per heavy atom. The molecule has 4 nitrogen and oxygen atoms in total. The summed E-state index contributed by atoms with van der Waals surface area (Å²) in [6.45, 7) is 7.01. The number of carbonyl (C=O) groups excluding carboxylic acids is 1. The summed E-state index contributed by atoms with van der Waals surface area (Å²) in [7, 11) is 0. The van der Waals surface area contributed by atoms with Crippen LogP contribution in [0.4, 0.5) is 0 Å². The molecule has 0 radical (unpaired) electrons. The lowest BCUT2D eigenvalue weighted by molar-refractivity contribution is -0.145. The molecular formula is C15H19BrClNO3. The largest absolute Gasteiger partial charge is 0.482 e. The second kappa shape index (κ2) is 6.99. The average molecular weight is 377 g/mol. The number of aryl methyl sites for hydroxylation is 1. The van der Waals surface area contributed by atoms with Crippen LogP contribution in [-0.4, -0.2) is 42.7 Å². The van der Waals surface area contributed by atoms with E-state index in [1.807, 2.05) is 26.8 Å². The molecule has 0 unspecified atom stereocenters. The van der Waals surface area contributed by atoms with Crippen LogP contribution < -0.4 is 4.74 Å². The number of morpholine rings is 1. The van der Waals surface area contributed by atoms with Crippen molar-refractivity contribution in [1.29, 1.82) is 0 Å². The molecule has 1 aliphatic heterocycles. The van der Waals surface area contributed by atoms with Crippen LogP contribution in [0.15, 0.2) is 16.6 Å². The minimum Gasteiger partial charge on any atom is -0.482 e. The number of hydrogen-bond donors (Lipinski definition) is 0. The molecule has 6 heteroatoms. The predicted octanol–water partition coefficient (Wildman–Crippen LogP) is 3.43. The first-order valence-corrected chi connectivity index (χ1v) is 8.05. The van der Waals surface area contributed by atoms with Crippen molar-refractivity contribution in [3.63, 3.8) is 0 Å². The molecule has 0 aromatic heterocycles. The Kier molecular flexibility index (Phi) is 5.52. The van der Waals surface area contributed by atoms with E-state index in [0.29, 0.717) is 23.9 Å². The smallest absolute Gasteiger partial charge is 0.260 e. The van der Waals surface area contributed by atoms with Crippen LogP contribution in [0, 0.1) is 6.92 Å². The summed E-state index contributed by atoms with van der Waals surface area (Å²) in [6, 6.07) is 3.66. The molecule has 1 amide bonds. The summed E-state index contributed by atoms with van der Waals surface area (Å²) in [4.78, 5) is 14.0. The molecule has 2 atom stereocenters. The number of benzene rings is 1. The SMILES string of the molecule is Cc1cc(Br)cc(Cl)c1OCC(=O)N1C[C@@H](C)O[C@H](C)C1. The van der Waals surface area contributed by atoms with Gasteiger partial charge in [-0.3, -0.25) is 4.79 Å². The van der Waals surface area contributed by atoms with Crippen LogP contribution in [0.2, 0.25) is 5.02 Å². The van der Waals surface area contributed by atoms with Crippen molar-refractivity contribution in [3.8, 4) is 5.75 Å². The van der Waals surface area contributed by atoms with E-state index in [2.05, 4.69) is 15.9 Å². The van der Waals surface area contributed by atoms with Crippen molar-refractivity contribution < 1.29 is 14.3 Å². The molecule has 116 valence electrons. The van der Waals surface area contributed by atoms with Crippen LogP contribution in [0.1, 0.15) is 19.4 Å². The van der Waals surface area contributed by atoms with Gasteiger partial charge in [0, 0.05) is 17.6 Å². The molecule has 2 rings (SSSR count). The van der Waals surface area contributed by atoms with Crippen LogP contribution in [-0.2, 0) is 9.53 Å². The molecule has 0 aliphatic carbocycles. The second-order valence-electron chi connectivity index (χ2n) is 5.38. The van der Waals surface area contributed by atoms with Crippen LogP contribution >= 0.6 is 27.5 Å². The van der Waals surface area contributed by atoms with E-state index in [-0.39, 0.29) is 24.7 Å². The Labute approximate surface area is 138 Å². The third kappa shape index (κ3) is 4.34. The van der Waals surface area contributed by atoms with Crippen molar-refractivity contribution in [2.24, 2.45) is 0 Å². The maximum atomic E-state index is 12.2. The lowest BCUT2D eigenvalue weighted by Gasteiger charge is -2.35. The van der Waals surface area contributed by atoms with Crippen molar-refractivity contribution in [2.45, 2.75) is 33.0 Å². The summed E-state index contributed by atoms with van der Waals surface area (Å²) in [5, 5.41) is 0.499. The monoisotopic (exact) mass is 375 g/mol. The molecule has 0 saturated carbocycles. The summed E-state index contributed by atoms with van der Waals surface area (Å²) in [5.74, 6) is 0.512. The number of ether oxygens (including phenoxy) is 2. The van der Waals surface area contributed by atoms with E-state index in [1.165, 1.54) is 0 Å². The summed E-state index contributed by atoms with van der Waals surface area (Å²) >= 11 is 9.52. The topological polar surface area (TPSA) is 38.8 Å². The minimum atomic E-state index is -0.0459. The van der Waals surface area contributed by atoms with Crippen LogP contribution in [0.5, 0.6) is 5.75 Å². The van der Waals surface area contributed by atoms with Gasteiger partial charge in [0.15, 0.2) is 6.61 Å². The first kappa shape index (κ1) is 16.6. The maximum Gasteiger partial charge on any atom is 0.260 e. The number of halogens is 2.